The van der Waals surface area contributed by atoms with Gasteiger partial charge in [0.2, 0.25) is 0 Å². The summed E-state index contributed by atoms with van der Waals surface area (Å²) in [6.07, 6.45) is 0.447. The predicted molar refractivity (Wildman–Crippen MR) is 96.2 cm³/mol. The maximum absolute atomic E-state index is 12.6. The van der Waals surface area contributed by atoms with E-state index in [4.69, 9.17) is 16.3 Å². The SMILES string of the molecule is O=c1c(Cl)c(Oc2ccc3c(c2)CCC3)cnn1-c1ccc(C(F)(F)F)cn1. The van der Waals surface area contributed by atoms with Crippen LogP contribution in [0.15, 0.2) is 47.5 Å². The highest BCUT2D eigenvalue weighted by Gasteiger charge is 2.30. The molecule has 1 aliphatic carbocycles. The normalized spacial score (nSPS) is 13.4. The Kier molecular flexibility index (Phi) is 4.58. The highest BCUT2D eigenvalue weighted by atomic mass is 35.5. The second-order valence-electron chi connectivity index (χ2n) is 6.33. The molecule has 144 valence electrons. The molecule has 0 atom stereocenters. The number of alkyl halides is 3. The zero-order valence-corrected chi connectivity index (χ0v) is 15.1. The van der Waals surface area contributed by atoms with Crippen LogP contribution in [0.2, 0.25) is 5.02 Å². The number of ether oxygens (including phenoxy) is 1. The van der Waals surface area contributed by atoms with Crippen LogP contribution in [-0.4, -0.2) is 14.8 Å². The van der Waals surface area contributed by atoms with Gasteiger partial charge in [-0.05, 0) is 54.7 Å². The maximum Gasteiger partial charge on any atom is 0.417 e. The predicted octanol–water partition coefficient (Wildman–Crippen LogP) is 4.58. The van der Waals surface area contributed by atoms with Crippen molar-refractivity contribution in [2.24, 2.45) is 0 Å². The Morgan fingerprint density at radius 1 is 1.07 bits per heavy atom. The van der Waals surface area contributed by atoms with E-state index in [9.17, 15) is 18.0 Å². The van der Waals surface area contributed by atoms with E-state index in [2.05, 4.69) is 10.1 Å². The molecule has 1 aliphatic rings. The van der Waals surface area contributed by atoms with Gasteiger partial charge in [-0.15, -0.1) is 0 Å². The largest absolute Gasteiger partial charge is 0.454 e. The number of benzene rings is 1. The highest BCUT2D eigenvalue weighted by molar-refractivity contribution is 6.31. The summed E-state index contributed by atoms with van der Waals surface area (Å²) in [5.41, 5.74) is 0.809. The van der Waals surface area contributed by atoms with Gasteiger partial charge < -0.3 is 4.74 Å². The summed E-state index contributed by atoms with van der Waals surface area (Å²) in [7, 11) is 0. The number of hydrogen-bond acceptors (Lipinski definition) is 4. The highest BCUT2D eigenvalue weighted by Crippen LogP contribution is 2.31. The van der Waals surface area contributed by atoms with Crippen molar-refractivity contribution < 1.29 is 17.9 Å². The molecule has 0 radical (unpaired) electrons. The summed E-state index contributed by atoms with van der Waals surface area (Å²) in [5.74, 6) is 0.519. The number of halogens is 4. The molecule has 0 aliphatic heterocycles. The molecule has 2 aromatic heterocycles. The van der Waals surface area contributed by atoms with Gasteiger partial charge in [0.25, 0.3) is 5.56 Å². The zero-order valence-electron chi connectivity index (χ0n) is 14.3. The fourth-order valence-corrected chi connectivity index (χ4v) is 3.24. The van der Waals surface area contributed by atoms with Gasteiger partial charge >= 0.3 is 6.18 Å². The molecule has 0 spiro atoms. The van der Waals surface area contributed by atoms with Crippen molar-refractivity contribution in [1.82, 2.24) is 14.8 Å². The standard InChI is InChI=1S/C19H13ClF3N3O2/c20-17-15(28-14-6-4-11-2-1-3-12(11)8-14)10-25-26(18(17)27)16-7-5-13(9-24-16)19(21,22)23/h4-10H,1-3H2. The van der Waals surface area contributed by atoms with E-state index in [1.54, 1.807) is 6.07 Å². The first kappa shape index (κ1) is 18.5. The fraction of sp³-hybridized carbons (Fsp3) is 0.211. The minimum atomic E-state index is -4.52. The lowest BCUT2D eigenvalue weighted by molar-refractivity contribution is -0.137. The Balaban J connectivity index is 1.63. The molecule has 0 bridgehead atoms. The first-order valence-electron chi connectivity index (χ1n) is 8.44. The van der Waals surface area contributed by atoms with Crippen molar-refractivity contribution in [3.8, 4) is 17.3 Å². The Morgan fingerprint density at radius 3 is 2.57 bits per heavy atom. The number of aryl methyl sites for hydroxylation is 2. The van der Waals surface area contributed by atoms with Crippen molar-refractivity contribution in [3.63, 3.8) is 0 Å². The maximum atomic E-state index is 12.6. The van der Waals surface area contributed by atoms with E-state index in [1.807, 2.05) is 12.1 Å². The molecular weight excluding hydrogens is 395 g/mol. The van der Waals surface area contributed by atoms with Gasteiger partial charge in [0, 0.05) is 6.20 Å². The molecule has 9 heteroatoms. The Morgan fingerprint density at radius 2 is 1.86 bits per heavy atom. The molecule has 0 saturated carbocycles. The minimum Gasteiger partial charge on any atom is -0.454 e. The number of fused-ring (bicyclic) bond motifs is 1. The number of rotatable bonds is 3. The molecule has 2 heterocycles. The van der Waals surface area contributed by atoms with Gasteiger partial charge in [-0.3, -0.25) is 4.79 Å². The van der Waals surface area contributed by atoms with Crippen LogP contribution >= 0.6 is 11.6 Å². The van der Waals surface area contributed by atoms with Crippen molar-refractivity contribution in [2.45, 2.75) is 25.4 Å². The average molecular weight is 408 g/mol. The van der Waals surface area contributed by atoms with Crippen LogP contribution in [0, 0.1) is 0 Å². The van der Waals surface area contributed by atoms with Gasteiger partial charge in [-0.1, -0.05) is 17.7 Å². The second kappa shape index (κ2) is 6.94. The molecular formula is C19H13ClF3N3O2. The summed E-state index contributed by atoms with van der Waals surface area (Å²) < 4.78 is 44.4. The van der Waals surface area contributed by atoms with Gasteiger partial charge in [0.05, 0.1) is 11.8 Å². The lowest BCUT2D eigenvalue weighted by Gasteiger charge is -2.11. The summed E-state index contributed by atoms with van der Waals surface area (Å²) >= 11 is 6.11. The molecule has 0 N–H and O–H groups in total. The molecule has 4 rings (SSSR count). The molecule has 0 fully saturated rings. The molecule has 1 aromatic carbocycles. The first-order valence-corrected chi connectivity index (χ1v) is 8.82. The molecule has 0 amide bonds. The van der Waals surface area contributed by atoms with Crippen molar-refractivity contribution >= 4 is 11.6 Å². The molecule has 0 unspecified atom stereocenters. The average Bonchev–Trinajstić information content (AvgIpc) is 3.13. The molecule has 28 heavy (non-hydrogen) atoms. The van der Waals surface area contributed by atoms with Gasteiger partial charge in [0.1, 0.15) is 5.75 Å². The Hall–Kier alpha value is -2.87. The Bertz CT molecular complexity index is 1100. The summed E-state index contributed by atoms with van der Waals surface area (Å²) in [6, 6.07) is 7.55. The van der Waals surface area contributed by atoms with E-state index in [0.29, 0.717) is 11.9 Å². The van der Waals surface area contributed by atoms with Crippen molar-refractivity contribution in [1.29, 1.82) is 0 Å². The third-order valence-electron chi connectivity index (χ3n) is 4.48. The summed E-state index contributed by atoms with van der Waals surface area (Å²) in [4.78, 5) is 16.1. The molecule has 0 saturated heterocycles. The van der Waals surface area contributed by atoms with Crippen molar-refractivity contribution in [3.05, 3.63) is 74.8 Å². The third kappa shape index (κ3) is 3.47. The van der Waals surface area contributed by atoms with Crippen molar-refractivity contribution in [2.75, 3.05) is 0 Å². The summed E-state index contributed by atoms with van der Waals surface area (Å²) in [6.45, 7) is 0. The van der Waals surface area contributed by atoms with E-state index >= 15 is 0 Å². The fourth-order valence-electron chi connectivity index (χ4n) is 3.07. The van der Waals surface area contributed by atoms with Gasteiger partial charge in [-0.25, -0.2) is 4.98 Å². The molecule has 5 nitrogen and oxygen atoms in total. The molecule has 3 aromatic rings. The third-order valence-corrected chi connectivity index (χ3v) is 4.82. The number of pyridine rings is 1. The van der Waals surface area contributed by atoms with Crippen LogP contribution in [-0.2, 0) is 19.0 Å². The zero-order chi connectivity index (χ0) is 19.9. The van der Waals surface area contributed by atoms with Gasteiger partial charge in [0.15, 0.2) is 16.6 Å². The number of hydrogen-bond donors (Lipinski definition) is 0. The van der Waals surface area contributed by atoms with Crippen LogP contribution in [0.3, 0.4) is 0 Å². The van der Waals surface area contributed by atoms with E-state index < -0.39 is 17.3 Å². The van der Waals surface area contributed by atoms with E-state index in [-0.39, 0.29) is 16.6 Å². The van der Waals surface area contributed by atoms with Crippen LogP contribution in [0.5, 0.6) is 11.5 Å². The smallest absolute Gasteiger partial charge is 0.417 e. The van der Waals surface area contributed by atoms with Crippen LogP contribution in [0.1, 0.15) is 23.1 Å². The minimum absolute atomic E-state index is 0.0628. The van der Waals surface area contributed by atoms with E-state index in [0.717, 1.165) is 36.1 Å². The Labute approximate surface area is 162 Å². The lowest BCUT2D eigenvalue weighted by Crippen LogP contribution is -2.23. The summed E-state index contributed by atoms with van der Waals surface area (Å²) in [5, 5.41) is 3.68. The topological polar surface area (TPSA) is 57.0 Å². The monoisotopic (exact) mass is 407 g/mol. The second-order valence-corrected chi connectivity index (χ2v) is 6.71. The quantitative estimate of drug-likeness (QED) is 0.637. The van der Waals surface area contributed by atoms with Crippen LogP contribution in [0.4, 0.5) is 13.2 Å². The van der Waals surface area contributed by atoms with Crippen LogP contribution in [0.25, 0.3) is 5.82 Å². The first-order chi connectivity index (χ1) is 13.3. The van der Waals surface area contributed by atoms with E-state index in [1.165, 1.54) is 17.3 Å². The van der Waals surface area contributed by atoms with Crippen LogP contribution < -0.4 is 10.3 Å². The lowest BCUT2D eigenvalue weighted by atomic mass is 10.1. The van der Waals surface area contributed by atoms with Gasteiger partial charge in [-0.2, -0.15) is 23.0 Å². The number of nitrogens with zero attached hydrogens (tertiary/aromatic N) is 3. The number of aromatic nitrogens is 3.